The molecule has 1 unspecified atom stereocenters. The first kappa shape index (κ1) is 19.4. The number of Topliss-reactive ketones (excluding diaryl/α,β-unsaturated/α-hetero) is 1. The van der Waals surface area contributed by atoms with E-state index in [4.69, 9.17) is 9.47 Å². The molecule has 2 aliphatic heterocycles. The van der Waals surface area contributed by atoms with Crippen LogP contribution in [-0.2, 0) is 14.3 Å². The number of amides is 1. The normalized spacial score (nSPS) is 23.3. The van der Waals surface area contributed by atoms with E-state index in [2.05, 4.69) is 0 Å². The van der Waals surface area contributed by atoms with Crippen LogP contribution in [0.5, 0.6) is 0 Å². The lowest BCUT2D eigenvalue weighted by Gasteiger charge is -2.50. The van der Waals surface area contributed by atoms with Gasteiger partial charge in [0, 0.05) is 18.2 Å². The molecule has 1 fully saturated rings. The number of rotatable bonds is 5. The van der Waals surface area contributed by atoms with Crippen LogP contribution in [-0.4, -0.2) is 46.6 Å². The highest BCUT2D eigenvalue weighted by atomic mass is 32.2. The van der Waals surface area contributed by atoms with Crippen molar-refractivity contribution in [3.05, 3.63) is 83.1 Å². The molecule has 2 aromatic carbocycles. The Morgan fingerprint density at radius 3 is 2.14 bits per heavy atom. The van der Waals surface area contributed by atoms with Crippen LogP contribution in [0.25, 0.3) is 0 Å². The second kappa shape index (κ2) is 7.85. The zero-order valence-electron chi connectivity index (χ0n) is 15.9. The summed E-state index contributed by atoms with van der Waals surface area (Å²) < 4.78 is 11.0. The van der Waals surface area contributed by atoms with Gasteiger partial charge in [0.05, 0.1) is 11.3 Å². The number of thioether (sulfide) groups is 1. The van der Waals surface area contributed by atoms with Gasteiger partial charge in [-0.2, -0.15) is 0 Å². The van der Waals surface area contributed by atoms with Crippen molar-refractivity contribution in [2.75, 3.05) is 7.11 Å². The summed E-state index contributed by atoms with van der Waals surface area (Å²) in [6.45, 7) is 1.72. The van der Waals surface area contributed by atoms with Crippen molar-refractivity contribution in [1.82, 2.24) is 4.90 Å². The number of hydrogen-bond acceptors (Lipinski definition) is 6. The maximum absolute atomic E-state index is 13.2. The zero-order chi connectivity index (χ0) is 20.5. The molecule has 0 radical (unpaired) electrons. The number of benzene rings is 2. The van der Waals surface area contributed by atoms with Crippen molar-refractivity contribution in [1.29, 1.82) is 0 Å². The summed E-state index contributed by atoms with van der Waals surface area (Å²) in [5.74, 6) is -1.03. The highest BCUT2D eigenvalue weighted by Crippen LogP contribution is 2.46. The number of hydrogen-bond donors (Lipinski definition) is 0. The lowest BCUT2D eigenvalue weighted by Crippen LogP contribution is -2.66. The summed E-state index contributed by atoms with van der Waals surface area (Å²) in [5, 5.41) is -0.424. The van der Waals surface area contributed by atoms with Crippen molar-refractivity contribution in [3.8, 4) is 0 Å². The molecule has 0 N–H and O–H groups in total. The number of methoxy groups -OCH3 is 1. The summed E-state index contributed by atoms with van der Waals surface area (Å²) in [4.78, 5) is 39.8. The Labute approximate surface area is 172 Å². The van der Waals surface area contributed by atoms with Crippen LogP contribution in [0.2, 0.25) is 0 Å². The second-order valence-corrected chi connectivity index (χ2v) is 7.90. The summed E-state index contributed by atoms with van der Waals surface area (Å²) in [7, 11) is 1.45. The maximum atomic E-state index is 13.2. The minimum atomic E-state index is -0.697. The summed E-state index contributed by atoms with van der Waals surface area (Å²) in [6, 6.07) is 17.4. The highest BCUT2D eigenvalue weighted by Gasteiger charge is 2.56. The largest absolute Gasteiger partial charge is 0.443 e. The Kier molecular flexibility index (Phi) is 5.25. The SMILES string of the molecule is CO[C@H]1C(=O)N2C(C(=O)c3ccccc3)=C(C)C(OC(=O)c3ccccc3)S[C@@H]12. The molecule has 2 aromatic rings. The van der Waals surface area contributed by atoms with Crippen molar-refractivity contribution >= 4 is 29.4 Å². The number of allylic oxidation sites excluding steroid dienone is 1. The first-order valence-electron chi connectivity index (χ1n) is 9.11. The lowest BCUT2D eigenvalue weighted by molar-refractivity contribution is -0.158. The highest BCUT2D eigenvalue weighted by molar-refractivity contribution is 8.00. The van der Waals surface area contributed by atoms with E-state index >= 15 is 0 Å². The molecular formula is C22H19NO5S. The van der Waals surface area contributed by atoms with Crippen LogP contribution < -0.4 is 0 Å². The number of ketones is 1. The van der Waals surface area contributed by atoms with Gasteiger partial charge in [-0.1, -0.05) is 60.3 Å². The first-order valence-corrected chi connectivity index (χ1v) is 10.0. The van der Waals surface area contributed by atoms with Gasteiger partial charge in [0.2, 0.25) is 5.78 Å². The summed E-state index contributed by atoms with van der Waals surface area (Å²) in [6.07, 6.45) is -0.676. The molecule has 148 valence electrons. The fourth-order valence-corrected chi connectivity index (χ4v) is 4.84. The Balaban J connectivity index is 1.69. The summed E-state index contributed by atoms with van der Waals surface area (Å²) in [5.41, 5.74) is 0.982. The average molecular weight is 409 g/mol. The van der Waals surface area contributed by atoms with Crippen LogP contribution >= 0.6 is 11.8 Å². The van der Waals surface area contributed by atoms with Crippen molar-refractivity contribution in [2.45, 2.75) is 23.8 Å². The number of fused-ring (bicyclic) bond motifs is 1. The maximum Gasteiger partial charge on any atom is 0.339 e. The van der Waals surface area contributed by atoms with E-state index in [9.17, 15) is 14.4 Å². The Morgan fingerprint density at radius 1 is 0.966 bits per heavy atom. The second-order valence-electron chi connectivity index (χ2n) is 6.72. The first-order chi connectivity index (χ1) is 14.0. The van der Waals surface area contributed by atoms with Gasteiger partial charge in [-0.05, 0) is 19.1 Å². The zero-order valence-corrected chi connectivity index (χ0v) is 16.7. The van der Waals surface area contributed by atoms with Crippen LogP contribution in [0.1, 0.15) is 27.6 Å². The molecule has 7 heteroatoms. The summed E-state index contributed by atoms with van der Waals surface area (Å²) >= 11 is 1.29. The van der Waals surface area contributed by atoms with E-state index in [0.29, 0.717) is 16.7 Å². The van der Waals surface area contributed by atoms with E-state index in [1.807, 2.05) is 12.1 Å². The van der Waals surface area contributed by atoms with Gasteiger partial charge in [-0.15, -0.1) is 0 Å². The molecule has 0 spiro atoms. The molecule has 1 amide bonds. The number of nitrogens with zero attached hydrogens (tertiary/aromatic N) is 1. The third-order valence-electron chi connectivity index (χ3n) is 4.95. The standard InChI is InChI=1S/C22H19NO5S/c1-13-16(17(24)14-9-5-3-6-10-14)23-19(25)18(27-2)20(23)29-22(13)28-21(26)15-11-7-4-8-12-15/h3-12,18,20,22H,1-2H3/t18-,20-,22?/m0/s1. The lowest BCUT2D eigenvalue weighted by atomic mass is 9.98. The van der Waals surface area contributed by atoms with Crippen LogP contribution in [0.4, 0.5) is 0 Å². The Morgan fingerprint density at radius 2 is 1.55 bits per heavy atom. The van der Waals surface area contributed by atoms with Crippen LogP contribution in [0, 0.1) is 0 Å². The van der Waals surface area contributed by atoms with Crippen molar-refractivity contribution in [3.63, 3.8) is 0 Å². The average Bonchev–Trinajstić information content (AvgIpc) is 2.76. The molecule has 0 bridgehead atoms. The number of ether oxygens (including phenoxy) is 2. The number of β-lactam (4-membered cyclic amide) rings is 1. The van der Waals surface area contributed by atoms with Gasteiger partial charge in [0.1, 0.15) is 5.37 Å². The fourth-order valence-electron chi connectivity index (χ4n) is 3.43. The molecule has 0 aromatic heterocycles. The van der Waals surface area contributed by atoms with Crippen molar-refractivity contribution < 1.29 is 23.9 Å². The molecular weight excluding hydrogens is 390 g/mol. The third-order valence-corrected chi connectivity index (χ3v) is 6.39. The molecule has 29 heavy (non-hydrogen) atoms. The van der Waals surface area contributed by atoms with Gasteiger partial charge in [0.15, 0.2) is 11.5 Å². The molecule has 0 saturated carbocycles. The van der Waals surface area contributed by atoms with E-state index < -0.39 is 22.9 Å². The van der Waals surface area contributed by atoms with Crippen molar-refractivity contribution in [2.24, 2.45) is 0 Å². The Bertz CT molecular complexity index is 989. The van der Waals surface area contributed by atoms with Gasteiger partial charge >= 0.3 is 5.97 Å². The van der Waals surface area contributed by atoms with Gasteiger partial charge in [0.25, 0.3) is 5.91 Å². The molecule has 3 atom stereocenters. The quantitative estimate of drug-likeness (QED) is 0.429. The van der Waals surface area contributed by atoms with Gasteiger partial charge < -0.3 is 9.47 Å². The van der Waals surface area contributed by atoms with Gasteiger partial charge in [-0.3, -0.25) is 14.5 Å². The number of esters is 1. The van der Waals surface area contributed by atoms with E-state index in [1.165, 1.54) is 23.8 Å². The molecule has 4 rings (SSSR count). The molecule has 1 saturated heterocycles. The third kappa shape index (κ3) is 3.36. The van der Waals surface area contributed by atoms with Gasteiger partial charge in [-0.25, -0.2) is 4.79 Å². The molecule has 0 aliphatic carbocycles. The topological polar surface area (TPSA) is 72.9 Å². The molecule has 6 nitrogen and oxygen atoms in total. The minimum absolute atomic E-state index is 0.254. The predicted molar refractivity (Wildman–Crippen MR) is 108 cm³/mol. The van der Waals surface area contributed by atoms with E-state index in [1.54, 1.807) is 55.5 Å². The molecule has 2 aliphatic rings. The fraction of sp³-hybridized carbons (Fsp3) is 0.227. The molecule has 2 heterocycles. The van der Waals surface area contributed by atoms with E-state index in [-0.39, 0.29) is 17.4 Å². The smallest absolute Gasteiger partial charge is 0.339 e. The van der Waals surface area contributed by atoms with Crippen LogP contribution in [0.3, 0.4) is 0 Å². The number of carbonyl (C=O) groups is 3. The van der Waals surface area contributed by atoms with E-state index in [0.717, 1.165) is 0 Å². The monoisotopic (exact) mass is 409 g/mol. The van der Waals surface area contributed by atoms with Crippen LogP contribution in [0.15, 0.2) is 71.9 Å². The number of carbonyl (C=O) groups excluding carboxylic acids is 3. The predicted octanol–water partition coefficient (Wildman–Crippen LogP) is 3.26. The Hall–Kier alpha value is -2.90. The minimum Gasteiger partial charge on any atom is -0.443 e.